The van der Waals surface area contributed by atoms with Gasteiger partial charge in [-0.1, -0.05) is 18.2 Å². The first-order valence-electron chi connectivity index (χ1n) is 9.17. The third-order valence-electron chi connectivity index (χ3n) is 4.62. The molecule has 1 N–H and O–H groups in total. The number of allylic oxidation sites excluding steroid dienone is 1. The van der Waals surface area contributed by atoms with Gasteiger partial charge in [-0.15, -0.1) is 0 Å². The van der Waals surface area contributed by atoms with Crippen LogP contribution >= 0.6 is 0 Å². The molecule has 2 heterocycles. The molecule has 0 spiro atoms. The van der Waals surface area contributed by atoms with Crippen LogP contribution in [0.2, 0.25) is 0 Å². The van der Waals surface area contributed by atoms with Crippen LogP contribution in [0.15, 0.2) is 61.1 Å². The van der Waals surface area contributed by atoms with Crippen molar-refractivity contribution >= 4 is 23.3 Å². The quantitative estimate of drug-likeness (QED) is 0.636. The van der Waals surface area contributed by atoms with Gasteiger partial charge in [0.05, 0.1) is 24.4 Å². The van der Waals surface area contributed by atoms with Gasteiger partial charge in [-0.2, -0.15) is 0 Å². The topological polar surface area (TPSA) is 81.2 Å². The lowest BCUT2D eigenvalue weighted by Crippen LogP contribution is -2.15. The number of hydrogen-bond donors (Lipinski definition) is 1. The van der Waals surface area contributed by atoms with Crippen molar-refractivity contribution in [3.63, 3.8) is 0 Å². The summed E-state index contributed by atoms with van der Waals surface area (Å²) in [6.45, 7) is 3.42. The van der Waals surface area contributed by atoms with Crippen LogP contribution in [0.1, 0.15) is 44.3 Å². The smallest absolute Gasteiger partial charge is 0.337 e. The van der Waals surface area contributed by atoms with Crippen LogP contribution in [0.4, 0.5) is 10.2 Å². The lowest BCUT2D eigenvalue weighted by molar-refractivity contribution is 0.0600. The fraction of sp³-hybridized carbons (Fsp3) is 0.130. The average molecular weight is 405 g/mol. The van der Waals surface area contributed by atoms with Gasteiger partial charge in [0.25, 0.3) is 5.91 Å². The molecule has 0 aliphatic rings. The van der Waals surface area contributed by atoms with Crippen molar-refractivity contribution in [2.45, 2.75) is 13.8 Å². The minimum absolute atomic E-state index is 0.153. The molecule has 0 aliphatic carbocycles. The Morgan fingerprint density at radius 2 is 1.67 bits per heavy atom. The minimum atomic E-state index is -0.540. The van der Waals surface area contributed by atoms with Crippen LogP contribution in [0, 0.1) is 12.7 Å². The molecule has 0 unspecified atom stereocenters. The molecular weight excluding hydrogens is 385 g/mol. The maximum atomic E-state index is 13.6. The Bertz CT molecular complexity index is 1110. The highest BCUT2D eigenvalue weighted by molar-refractivity contribution is 6.04. The number of methoxy groups -OCH3 is 1. The summed E-state index contributed by atoms with van der Waals surface area (Å²) >= 11 is 0. The predicted octanol–water partition coefficient (Wildman–Crippen LogP) is 4.41. The van der Waals surface area contributed by atoms with E-state index in [1.54, 1.807) is 24.4 Å². The van der Waals surface area contributed by atoms with E-state index in [-0.39, 0.29) is 11.1 Å². The van der Waals surface area contributed by atoms with Crippen LogP contribution in [0.5, 0.6) is 0 Å². The van der Waals surface area contributed by atoms with Crippen LogP contribution in [0.3, 0.4) is 0 Å². The highest BCUT2D eigenvalue weighted by Crippen LogP contribution is 2.24. The SMILES string of the molecule is CC=C(c1ccc(C(=O)OC)cc1)c1ccc(NC(=O)c2cncc(F)c2C)nc1. The normalized spacial score (nSPS) is 11.1. The molecule has 0 atom stereocenters. The van der Waals surface area contributed by atoms with E-state index in [2.05, 4.69) is 15.3 Å². The number of nitrogens with zero attached hydrogens (tertiary/aromatic N) is 2. The third-order valence-corrected chi connectivity index (χ3v) is 4.62. The van der Waals surface area contributed by atoms with Crippen molar-refractivity contribution in [3.05, 3.63) is 94.7 Å². The van der Waals surface area contributed by atoms with Gasteiger partial charge in [-0.05, 0) is 49.2 Å². The third kappa shape index (κ3) is 4.41. The Morgan fingerprint density at radius 3 is 2.27 bits per heavy atom. The first-order valence-corrected chi connectivity index (χ1v) is 9.17. The van der Waals surface area contributed by atoms with Crippen LogP contribution < -0.4 is 5.32 Å². The van der Waals surface area contributed by atoms with Crippen molar-refractivity contribution in [2.75, 3.05) is 12.4 Å². The summed E-state index contributed by atoms with van der Waals surface area (Å²) in [5, 5.41) is 2.65. The molecule has 7 heteroatoms. The van der Waals surface area contributed by atoms with E-state index < -0.39 is 17.7 Å². The van der Waals surface area contributed by atoms with Gasteiger partial charge in [0.1, 0.15) is 11.6 Å². The lowest BCUT2D eigenvalue weighted by Gasteiger charge is -2.10. The second-order valence-corrected chi connectivity index (χ2v) is 6.45. The Morgan fingerprint density at radius 1 is 1.00 bits per heavy atom. The number of rotatable bonds is 5. The van der Waals surface area contributed by atoms with Gasteiger partial charge in [0, 0.05) is 23.5 Å². The molecule has 0 saturated carbocycles. The molecule has 0 aliphatic heterocycles. The fourth-order valence-corrected chi connectivity index (χ4v) is 2.94. The van der Waals surface area contributed by atoms with E-state index in [1.807, 2.05) is 31.2 Å². The van der Waals surface area contributed by atoms with Gasteiger partial charge < -0.3 is 10.1 Å². The number of anilines is 1. The number of halogens is 1. The Hall–Kier alpha value is -3.87. The molecule has 1 amide bonds. The summed E-state index contributed by atoms with van der Waals surface area (Å²) in [6, 6.07) is 10.5. The molecule has 0 bridgehead atoms. The van der Waals surface area contributed by atoms with E-state index in [4.69, 9.17) is 4.74 Å². The van der Waals surface area contributed by atoms with Gasteiger partial charge in [0.15, 0.2) is 0 Å². The first kappa shape index (κ1) is 20.9. The average Bonchev–Trinajstić information content (AvgIpc) is 2.77. The number of carbonyl (C=O) groups excluding carboxylic acids is 2. The Labute approximate surface area is 173 Å². The molecular formula is C23H20FN3O3. The molecule has 3 aromatic rings. The molecule has 0 radical (unpaired) electrons. The Kier molecular flexibility index (Phi) is 6.32. The highest BCUT2D eigenvalue weighted by Gasteiger charge is 2.14. The molecule has 0 fully saturated rings. The van der Waals surface area contributed by atoms with E-state index in [9.17, 15) is 14.0 Å². The van der Waals surface area contributed by atoms with Crippen molar-refractivity contribution in [2.24, 2.45) is 0 Å². The van der Waals surface area contributed by atoms with Crippen LogP contribution in [0.25, 0.3) is 5.57 Å². The largest absolute Gasteiger partial charge is 0.465 e. The standard InChI is InChI=1S/C23H20FN3O3/c1-4-18(15-5-7-16(8-6-15)23(29)30-3)17-9-10-21(26-11-17)27-22(28)19-12-25-13-20(24)14(19)2/h4-13H,1-3H3,(H,26,27,28). The van der Waals surface area contributed by atoms with E-state index in [0.29, 0.717) is 11.4 Å². The van der Waals surface area contributed by atoms with Gasteiger partial charge in [0.2, 0.25) is 0 Å². The maximum absolute atomic E-state index is 13.6. The van der Waals surface area contributed by atoms with Crippen molar-refractivity contribution in [1.82, 2.24) is 9.97 Å². The summed E-state index contributed by atoms with van der Waals surface area (Å²) in [4.78, 5) is 32.0. The van der Waals surface area contributed by atoms with E-state index in [1.165, 1.54) is 20.2 Å². The summed E-state index contributed by atoms with van der Waals surface area (Å²) in [7, 11) is 1.34. The number of benzene rings is 1. The summed E-state index contributed by atoms with van der Waals surface area (Å²) in [5.74, 6) is -1.08. The number of nitrogens with one attached hydrogen (secondary N) is 1. The zero-order chi connectivity index (χ0) is 21.7. The summed E-state index contributed by atoms with van der Waals surface area (Å²) in [6.07, 6.45) is 5.95. The van der Waals surface area contributed by atoms with Crippen LogP contribution in [-0.4, -0.2) is 29.0 Å². The highest BCUT2D eigenvalue weighted by atomic mass is 19.1. The molecule has 152 valence electrons. The second-order valence-electron chi connectivity index (χ2n) is 6.45. The number of ether oxygens (including phenoxy) is 1. The molecule has 2 aromatic heterocycles. The molecule has 3 rings (SSSR count). The van der Waals surface area contributed by atoms with Gasteiger partial charge in [-0.25, -0.2) is 14.2 Å². The molecule has 1 aromatic carbocycles. The van der Waals surface area contributed by atoms with Gasteiger partial charge >= 0.3 is 5.97 Å². The monoisotopic (exact) mass is 405 g/mol. The fourth-order valence-electron chi connectivity index (χ4n) is 2.94. The zero-order valence-corrected chi connectivity index (χ0v) is 16.8. The number of esters is 1. The number of amides is 1. The zero-order valence-electron chi connectivity index (χ0n) is 16.8. The predicted molar refractivity (Wildman–Crippen MR) is 112 cm³/mol. The van der Waals surface area contributed by atoms with Crippen LogP contribution in [-0.2, 0) is 4.74 Å². The molecule has 0 saturated heterocycles. The van der Waals surface area contributed by atoms with E-state index >= 15 is 0 Å². The number of aromatic nitrogens is 2. The number of pyridine rings is 2. The lowest BCUT2D eigenvalue weighted by atomic mass is 9.98. The van der Waals surface area contributed by atoms with Crippen molar-refractivity contribution < 1.29 is 18.7 Å². The number of carbonyl (C=O) groups is 2. The molecule has 6 nitrogen and oxygen atoms in total. The minimum Gasteiger partial charge on any atom is -0.465 e. The van der Waals surface area contributed by atoms with Gasteiger partial charge in [-0.3, -0.25) is 9.78 Å². The first-order chi connectivity index (χ1) is 14.4. The van der Waals surface area contributed by atoms with Crippen molar-refractivity contribution in [1.29, 1.82) is 0 Å². The Balaban J connectivity index is 1.78. The van der Waals surface area contributed by atoms with Crippen molar-refractivity contribution in [3.8, 4) is 0 Å². The number of hydrogen-bond acceptors (Lipinski definition) is 5. The molecule has 30 heavy (non-hydrogen) atoms. The summed E-state index contributed by atoms with van der Waals surface area (Å²) < 4.78 is 18.3. The van der Waals surface area contributed by atoms with E-state index in [0.717, 1.165) is 22.9 Å². The second kappa shape index (κ2) is 9.09. The summed E-state index contributed by atoms with van der Waals surface area (Å²) in [5.41, 5.74) is 3.51. The maximum Gasteiger partial charge on any atom is 0.337 e.